The van der Waals surface area contributed by atoms with Crippen LogP contribution in [-0.4, -0.2) is 37.0 Å². The number of hydrogen-bond acceptors (Lipinski definition) is 1. The largest absolute Gasteiger partial charge is 0.345 e. The second kappa shape index (κ2) is 3.55. The summed E-state index contributed by atoms with van der Waals surface area (Å²) in [6.45, 7) is 6.38. The summed E-state index contributed by atoms with van der Waals surface area (Å²) in [4.78, 5) is 0. The summed E-state index contributed by atoms with van der Waals surface area (Å²) in [6, 6.07) is 0. The van der Waals surface area contributed by atoms with Crippen molar-refractivity contribution in [1.82, 2.24) is 0 Å². The third kappa shape index (κ3) is 3.21. The van der Waals surface area contributed by atoms with E-state index in [1.165, 1.54) is 0 Å². The summed E-state index contributed by atoms with van der Waals surface area (Å²) in [7, 11) is 6.05. The van der Waals surface area contributed by atoms with Crippen LogP contribution in [0.5, 0.6) is 0 Å². The molecule has 2 unspecified atom stereocenters. The first-order valence-electron chi connectivity index (χ1n) is 4.26. The Morgan fingerprint density at radius 2 is 1.36 bits per heavy atom. The summed E-state index contributed by atoms with van der Waals surface area (Å²) in [6.07, 6.45) is -0.255. The quantitative estimate of drug-likeness (QED) is 0.487. The van der Waals surface area contributed by atoms with Gasteiger partial charge in [0.2, 0.25) is 0 Å². The lowest BCUT2D eigenvalue weighted by atomic mass is 9.95. The molecule has 2 heteroatoms. The molecule has 0 aliphatic carbocycles. The van der Waals surface area contributed by atoms with Crippen molar-refractivity contribution in [2.45, 2.75) is 27.0 Å². The maximum Gasteiger partial charge on any atom is 0.192 e. The van der Waals surface area contributed by atoms with Crippen LogP contribution >= 0.6 is 0 Å². The van der Waals surface area contributed by atoms with Crippen molar-refractivity contribution in [1.29, 1.82) is 0 Å². The SMILES string of the molecule is CC(C)C(C)C(O)[N+](C)(C)C. The van der Waals surface area contributed by atoms with E-state index in [0.717, 1.165) is 0 Å². The molecule has 0 saturated heterocycles. The molecule has 0 heterocycles. The second-order valence-electron chi connectivity index (χ2n) is 4.63. The first-order chi connectivity index (χ1) is 4.76. The minimum Gasteiger partial charge on any atom is -0.345 e. The highest BCUT2D eigenvalue weighted by Crippen LogP contribution is 2.18. The fraction of sp³-hybridized carbons (Fsp3) is 1.00. The van der Waals surface area contributed by atoms with Gasteiger partial charge in [0.1, 0.15) is 0 Å². The van der Waals surface area contributed by atoms with Gasteiger partial charge in [-0.25, -0.2) is 0 Å². The molecule has 0 aromatic carbocycles. The van der Waals surface area contributed by atoms with E-state index in [1.807, 2.05) is 21.1 Å². The molecule has 0 aromatic rings. The third-order valence-electron chi connectivity index (χ3n) is 2.32. The van der Waals surface area contributed by atoms with Crippen LogP contribution < -0.4 is 0 Å². The summed E-state index contributed by atoms with van der Waals surface area (Å²) in [5.41, 5.74) is 0. The van der Waals surface area contributed by atoms with E-state index in [-0.39, 0.29) is 6.23 Å². The van der Waals surface area contributed by atoms with E-state index in [4.69, 9.17) is 0 Å². The number of nitrogens with zero attached hydrogens (tertiary/aromatic N) is 1. The molecule has 0 amide bonds. The lowest BCUT2D eigenvalue weighted by molar-refractivity contribution is -0.923. The molecular formula is C9H22NO+. The number of aliphatic hydroxyl groups excluding tert-OH is 1. The van der Waals surface area contributed by atoms with Gasteiger partial charge >= 0.3 is 0 Å². The fourth-order valence-corrected chi connectivity index (χ4v) is 1.05. The van der Waals surface area contributed by atoms with Crippen molar-refractivity contribution < 1.29 is 9.59 Å². The van der Waals surface area contributed by atoms with Gasteiger partial charge in [-0.15, -0.1) is 0 Å². The number of hydrogen-bond donors (Lipinski definition) is 1. The van der Waals surface area contributed by atoms with Crippen molar-refractivity contribution in [2.75, 3.05) is 21.1 Å². The zero-order valence-electron chi connectivity index (χ0n) is 8.63. The Bertz CT molecular complexity index is 115. The molecule has 11 heavy (non-hydrogen) atoms. The standard InChI is InChI=1S/C9H22NO/c1-7(2)8(3)9(11)10(4,5)6/h7-9,11H,1-6H3/q+1. The molecule has 2 nitrogen and oxygen atoms in total. The van der Waals surface area contributed by atoms with Gasteiger partial charge in [0, 0.05) is 5.92 Å². The smallest absolute Gasteiger partial charge is 0.192 e. The predicted octanol–water partition coefficient (Wildman–Crippen LogP) is 1.30. The van der Waals surface area contributed by atoms with Crippen LogP contribution in [-0.2, 0) is 0 Å². The van der Waals surface area contributed by atoms with Crippen molar-refractivity contribution in [2.24, 2.45) is 11.8 Å². The van der Waals surface area contributed by atoms with Crippen LogP contribution in [0.2, 0.25) is 0 Å². The van der Waals surface area contributed by atoms with E-state index in [1.54, 1.807) is 0 Å². The summed E-state index contributed by atoms with van der Waals surface area (Å²) >= 11 is 0. The first-order valence-corrected chi connectivity index (χ1v) is 4.26. The van der Waals surface area contributed by atoms with E-state index >= 15 is 0 Å². The van der Waals surface area contributed by atoms with Gasteiger partial charge in [-0.2, -0.15) is 0 Å². The van der Waals surface area contributed by atoms with Crippen molar-refractivity contribution in [3.63, 3.8) is 0 Å². The van der Waals surface area contributed by atoms with Gasteiger partial charge in [-0.1, -0.05) is 20.8 Å². The molecular weight excluding hydrogens is 138 g/mol. The Morgan fingerprint density at radius 3 is 1.45 bits per heavy atom. The van der Waals surface area contributed by atoms with Gasteiger partial charge in [-0.05, 0) is 5.92 Å². The first kappa shape index (κ1) is 10.9. The van der Waals surface area contributed by atoms with Crippen LogP contribution in [0.1, 0.15) is 20.8 Å². The fourth-order valence-electron chi connectivity index (χ4n) is 1.05. The maximum atomic E-state index is 9.80. The van der Waals surface area contributed by atoms with Gasteiger partial charge in [-0.3, -0.25) is 0 Å². The molecule has 0 bridgehead atoms. The monoisotopic (exact) mass is 160 g/mol. The van der Waals surface area contributed by atoms with E-state index < -0.39 is 0 Å². The van der Waals surface area contributed by atoms with Crippen LogP contribution in [0.4, 0.5) is 0 Å². The average Bonchev–Trinajstić information content (AvgIpc) is 1.82. The molecule has 0 aliphatic heterocycles. The highest BCUT2D eigenvalue weighted by atomic mass is 16.3. The maximum absolute atomic E-state index is 9.80. The minimum atomic E-state index is -0.255. The zero-order valence-corrected chi connectivity index (χ0v) is 8.63. The van der Waals surface area contributed by atoms with Gasteiger partial charge < -0.3 is 9.59 Å². The third-order valence-corrected chi connectivity index (χ3v) is 2.32. The lowest BCUT2D eigenvalue weighted by Gasteiger charge is -2.35. The van der Waals surface area contributed by atoms with Gasteiger partial charge in [0.15, 0.2) is 6.23 Å². The molecule has 0 radical (unpaired) electrons. The Morgan fingerprint density at radius 1 is 1.00 bits per heavy atom. The highest BCUT2D eigenvalue weighted by molar-refractivity contribution is 4.59. The van der Waals surface area contributed by atoms with Crippen molar-refractivity contribution in [3.05, 3.63) is 0 Å². The van der Waals surface area contributed by atoms with Crippen LogP contribution in [0.3, 0.4) is 0 Å². The Balaban J connectivity index is 4.13. The molecule has 0 rings (SSSR count). The molecule has 0 aliphatic rings. The summed E-state index contributed by atoms with van der Waals surface area (Å²) in [5.74, 6) is 0.900. The van der Waals surface area contributed by atoms with E-state index in [9.17, 15) is 5.11 Å². The topological polar surface area (TPSA) is 20.2 Å². The molecule has 0 fully saturated rings. The zero-order chi connectivity index (χ0) is 9.23. The van der Waals surface area contributed by atoms with Crippen molar-refractivity contribution >= 4 is 0 Å². The van der Waals surface area contributed by atoms with Crippen molar-refractivity contribution in [3.8, 4) is 0 Å². The van der Waals surface area contributed by atoms with Gasteiger partial charge in [0.05, 0.1) is 21.1 Å². The highest BCUT2D eigenvalue weighted by Gasteiger charge is 2.28. The normalized spacial score (nSPS) is 18.5. The summed E-state index contributed by atoms with van der Waals surface area (Å²) in [5, 5.41) is 9.80. The number of aliphatic hydroxyl groups is 1. The molecule has 1 N–H and O–H groups in total. The van der Waals surface area contributed by atoms with E-state index in [0.29, 0.717) is 16.3 Å². The van der Waals surface area contributed by atoms with Gasteiger partial charge in [0.25, 0.3) is 0 Å². The van der Waals surface area contributed by atoms with Crippen LogP contribution in [0.15, 0.2) is 0 Å². The Kier molecular flexibility index (Phi) is 3.52. The molecule has 0 aromatic heterocycles. The van der Waals surface area contributed by atoms with Crippen LogP contribution in [0.25, 0.3) is 0 Å². The molecule has 0 saturated carbocycles. The Labute approximate surface area is 70.4 Å². The van der Waals surface area contributed by atoms with E-state index in [2.05, 4.69) is 20.8 Å². The van der Waals surface area contributed by atoms with Crippen LogP contribution in [0, 0.1) is 11.8 Å². The Hall–Kier alpha value is -0.0800. The number of quaternary nitrogens is 1. The molecule has 68 valence electrons. The lowest BCUT2D eigenvalue weighted by Crippen LogP contribution is -2.49. The minimum absolute atomic E-state index is 0.255. The molecule has 0 spiro atoms. The molecule has 2 atom stereocenters. The number of rotatable bonds is 3. The summed E-state index contributed by atoms with van der Waals surface area (Å²) < 4.78 is 0.624. The predicted molar refractivity (Wildman–Crippen MR) is 48.0 cm³/mol. The second-order valence-corrected chi connectivity index (χ2v) is 4.63. The average molecular weight is 160 g/mol.